The Balaban J connectivity index is 1.88. The van der Waals surface area contributed by atoms with E-state index < -0.39 is 35.8 Å². The fourth-order valence-electron chi connectivity index (χ4n) is 3.41. The summed E-state index contributed by atoms with van der Waals surface area (Å²) >= 11 is 12.0. The van der Waals surface area contributed by atoms with E-state index in [0.29, 0.717) is 10.6 Å². The fraction of sp³-hybridized carbons (Fsp3) is 0.250. The van der Waals surface area contributed by atoms with Crippen molar-refractivity contribution in [1.29, 1.82) is 0 Å². The van der Waals surface area contributed by atoms with Gasteiger partial charge in [0.25, 0.3) is 5.91 Å². The lowest BCUT2D eigenvalue weighted by atomic mass is 10.0. The van der Waals surface area contributed by atoms with Crippen LogP contribution in [0.4, 0.5) is 4.39 Å². The lowest BCUT2D eigenvalue weighted by Gasteiger charge is -2.23. The minimum Gasteiger partial charge on any atom is -0.477 e. The molecule has 9 nitrogen and oxygen atoms in total. The van der Waals surface area contributed by atoms with Gasteiger partial charge in [0.05, 0.1) is 19.2 Å². The minimum absolute atomic E-state index is 0.0102. The molecule has 0 aliphatic rings. The highest BCUT2D eigenvalue weighted by Crippen LogP contribution is 2.19. The second-order valence-electron chi connectivity index (χ2n) is 7.69. The minimum atomic E-state index is -1.74. The molecule has 0 saturated heterocycles. The summed E-state index contributed by atoms with van der Waals surface area (Å²) in [5, 5.41) is 27.1. The van der Waals surface area contributed by atoms with Crippen molar-refractivity contribution in [1.82, 2.24) is 15.1 Å². The number of rotatable bonds is 10. The molecule has 36 heavy (non-hydrogen) atoms. The zero-order chi connectivity index (χ0) is 26.4. The number of hydrogen-bond acceptors (Lipinski definition) is 6. The highest BCUT2D eigenvalue weighted by atomic mass is 35.5. The topological polar surface area (TPSA) is 131 Å². The van der Waals surface area contributed by atoms with Crippen LogP contribution in [0.15, 0.2) is 48.5 Å². The van der Waals surface area contributed by atoms with Crippen molar-refractivity contribution in [2.24, 2.45) is 0 Å². The first-order valence-electron chi connectivity index (χ1n) is 10.7. The summed E-state index contributed by atoms with van der Waals surface area (Å²) in [6.07, 6.45) is -1.78. The number of aromatic nitrogens is 2. The van der Waals surface area contributed by atoms with Crippen LogP contribution in [0.5, 0.6) is 0 Å². The third-order valence-corrected chi connectivity index (χ3v) is 5.79. The quantitative estimate of drug-likeness (QED) is 0.338. The van der Waals surface area contributed by atoms with Crippen LogP contribution in [-0.2, 0) is 22.5 Å². The Morgan fingerprint density at radius 2 is 1.86 bits per heavy atom. The summed E-state index contributed by atoms with van der Waals surface area (Å²) in [6.45, 7) is 1.29. The molecule has 0 fully saturated rings. The molecule has 12 heteroatoms. The molecule has 0 aliphatic heterocycles. The number of carbonyl (C=O) groups excluding carboxylic acids is 2. The van der Waals surface area contributed by atoms with E-state index in [1.165, 1.54) is 12.1 Å². The van der Waals surface area contributed by atoms with Crippen molar-refractivity contribution in [2.45, 2.75) is 32.0 Å². The van der Waals surface area contributed by atoms with Crippen molar-refractivity contribution in [2.75, 3.05) is 6.61 Å². The maximum atomic E-state index is 14.2. The average Bonchev–Trinajstić information content (AvgIpc) is 3.26. The predicted molar refractivity (Wildman–Crippen MR) is 129 cm³/mol. The molecule has 0 aliphatic carbocycles. The second kappa shape index (κ2) is 12.0. The number of hydrogen-bond donors (Lipinski definition) is 3. The van der Waals surface area contributed by atoms with Crippen molar-refractivity contribution in [3.8, 4) is 0 Å². The second-order valence-corrected chi connectivity index (χ2v) is 8.53. The van der Waals surface area contributed by atoms with Crippen LogP contribution in [0.2, 0.25) is 10.0 Å². The lowest BCUT2D eigenvalue weighted by molar-refractivity contribution is -0.154. The van der Waals surface area contributed by atoms with E-state index in [4.69, 9.17) is 27.9 Å². The van der Waals surface area contributed by atoms with E-state index in [0.717, 1.165) is 16.8 Å². The Bertz CT molecular complexity index is 1280. The number of nitrogens with one attached hydrogen (secondary N) is 1. The van der Waals surface area contributed by atoms with Crippen LogP contribution in [0.3, 0.4) is 0 Å². The van der Waals surface area contributed by atoms with Gasteiger partial charge in [-0.25, -0.2) is 14.0 Å². The van der Waals surface area contributed by atoms with Gasteiger partial charge in [-0.05, 0) is 37.1 Å². The maximum absolute atomic E-state index is 14.2. The summed E-state index contributed by atoms with van der Waals surface area (Å²) in [5.41, 5.74) is -0.0424. The zero-order valence-electron chi connectivity index (χ0n) is 19.0. The Morgan fingerprint density at radius 1 is 1.14 bits per heavy atom. The van der Waals surface area contributed by atoms with Gasteiger partial charge in [0.15, 0.2) is 11.8 Å². The van der Waals surface area contributed by atoms with Crippen LogP contribution < -0.4 is 5.32 Å². The number of aliphatic hydroxyl groups is 1. The van der Waals surface area contributed by atoms with Gasteiger partial charge < -0.3 is 20.3 Å². The third-order valence-electron chi connectivity index (χ3n) is 5.19. The molecule has 0 bridgehead atoms. The molecule has 0 unspecified atom stereocenters. The summed E-state index contributed by atoms with van der Waals surface area (Å²) in [7, 11) is 0. The number of amides is 1. The molecular formula is C24H22Cl2FN3O6. The summed E-state index contributed by atoms with van der Waals surface area (Å²) in [4.78, 5) is 36.9. The molecule has 2 aromatic carbocycles. The first-order valence-corrected chi connectivity index (χ1v) is 11.5. The van der Waals surface area contributed by atoms with Gasteiger partial charge in [0.2, 0.25) is 0 Å². The normalized spacial score (nSPS) is 12.6. The van der Waals surface area contributed by atoms with Crippen LogP contribution >= 0.6 is 23.2 Å². The number of carboxylic acid groups (broad SMARTS) is 1. The molecule has 3 aromatic rings. The number of carbonyl (C=O) groups is 3. The Labute approximate surface area is 215 Å². The molecule has 1 amide bonds. The molecule has 0 saturated carbocycles. The van der Waals surface area contributed by atoms with Gasteiger partial charge in [0, 0.05) is 21.7 Å². The molecule has 0 radical (unpaired) electrons. The van der Waals surface area contributed by atoms with E-state index >= 15 is 0 Å². The van der Waals surface area contributed by atoms with Gasteiger partial charge in [-0.1, -0.05) is 47.5 Å². The van der Waals surface area contributed by atoms with Crippen molar-refractivity contribution in [3.05, 3.63) is 86.9 Å². The predicted octanol–water partition coefficient (Wildman–Crippen LogP) is 3.34. The maximum Gasteiger partial charge on any atom is 0.354 e. The Morgan fingerprint density at radius 3 is 2.50 bits per heavy atom. The van der Waals surface area contributed by atoms with Crippen molar-refractivity contribution in [3.63, 3.8) is 0 Å². The van der Waals surface area contributed by atoms with Crippen LogP contribution in [0.1, 0.15) is 39.0 Å². The Hall–Kier alpha value is -3.47. The molecule has 2 atom stereocenters. The van der Waals surface area contributed by atoms with E-state index in [1.807, 2.05) is 0 Å². The first kappa shape index (κ1) is 27.1. The summed E-state index contributed by atoms with van der Waals surface area (Å²) < 4.78 is 20.1. The largest absolute Gasteiger partial charge is 0.477 e. The van der Waals surface area contributed by atoms with Gasteiger partial charge >= 0.3 is 11.9 Å². The van der Waals surface area contributed by atoms with Crippen molar-refractivity contribution >= 4 is 41.0 Å². The van der Waals surface area contributed by atoms with E-state index in [-0.39, 0.29) is 41.5 Å². The highest BCUT2D eigenvalue weighted by Gasteiger charge is 2.31. The number of nitrogens with zero attached hydrogens (tertiary/aromatic N) is 2. The summed E-state index contributed by atoms with van der Waals surface area (Å²) in [5.74, 6) is -3.88. The van der Waals surface area contributed by atoms with E-state index in [2.05, 4.69) is 10.4 Å². The molecule has 1 aromatic heterocycles. The lowest BCUT2D eigenvalue weighted by Crippen LogP contribution is -2.49. The van der Waals surface area contributed by atoms with Gasteiger partial charge in [-0.15, -0.1) is 0 Å². The number of halogens is 3. The molecule has 3 rings (SSSR count). The van der Waals surface area contributed by atoms with Crippen LogP contribution in [-0.4, -0.2) is 56.6 Å². The van der Waals surface area contributed by atoms with Gasteiger partial charge in [0.1, 0.15) is 11.5 Å². The monoisotopic (exact) mass is 537 g/mol. The molecule has 190 valence electrons. The van der Waals surface area contributed by atoms with Crippen molar-refractivity contribution < 1.29 is 33.7 Å². The van der Waals surface area contributed by atoms with E-state index in [9.17, 15) is 29.0 Å². The van der Waals surface area contributed by atoms with Crippen LogP contribution in [0, 0.1) is 5.82 Å². The first-order chi connectivity index (χ1) is 17.1. The average molecular weight is 538 g/mol. The third kappa shape index (κ3) is 6.60. The molecule has 3 N–H and O–H groups in total. The van der Waals surface area contributed by atoms with Crippen LogP contribution in [0.25, 0.3) is 0 Å². The molecular weight excluding hydrogens is 516 g/mol. The fourth-order valence-corrected chi connectivity index (χ4v) is 3.78. The smallest absolute Gasteiger partial charge is 0.354 e. The Kier molecular flexibility index (Phi) is 9.03. The number of carboxylic acids is 1. The zero-order valence-corrected chi connectivity index (χ0v) is 20.5. The van der Waals surface area contributed by atoms with Gasteiger partial charge in [-0.3, -0.25) is 9.48 Å². The highest BCUT2D eigenvalue weighted by molar-refractivity contribution is 6.31. The number of esters is 1. The molecule has 0 spiro atoms. The number of benzene rings is 2. The summed E-state index contributed by atoms with van der Waals surface area (Å²) in [6, 6.07) is 10.4. The van der Waals surface area contributed by atoms with E-state index in [1.54, 1.807) is 31.2 Å². The SMILES string of the molecule is CCOC(=O)[C@H](O)[C@@H](Cc1ccccc1Cl)NC(=O)c1cc(C(=O)O)n(Cc2ccc(Cl)cc2F)n1. The molecule has 1 heterocycles. The number of aromatic carboxylic acids is 1. The number of aliphatic hydroxyl groups excluding tert-OH is 1. The van der Waals surface area contributed by atoms with Gasteiger partial charge in [-0.2, -0.15) is 5.10 Å². The standard InChI is InChI=1S/C24H22Cl2FN3O6/c1-2-36-24(35)21(31)18(9-13-5-3-4-6-16(13)26)28-22(32)19-11-20(23(33)34)30(29-19)12-14-7-8-15(25)10-17(14)27/h3-8,10-11,18,21,31H,2,9,12H2,1H3,(H,28,32)(H,33,34)/t18-,21-/m1/s1. The number of ether oxygens (including phenoxy) is 1.